The van der Waals surface area contributed by atoms with Gasteiger partial charge < -0.3 is 10.6 Å². The number of nitrogens with zero attached hydrogens (tertiary/aromatic N) is 2. The van der Waals surface area contributed by atoms with Crippen LogP contribution in [-0.4, -0.2) is 17.9 Å². The number of thiazole rings is 1. The van der Waals surface area contributed by atoms with Crippen molar-refractivity contribution in [2.24, 2.45) is 5.73 Å². The van der Waals surface area contributed by atoms with Crippen molar-refractivity contribution in [3.63, 3.8) is 0 Å². The molecule has 0 unspecified atom stereocenters. The van der Waals surface area contributed by atoms with Gasteiger partial charge in [-0.25, -0.2) is 4.98 Å². The number of nitrogens with one attached hydrogen (secondary N) is 1. The lowest BCUT2D eigenvalue weighted by Crippen LogP contribution is -2.17. The molecule has 0 saturated heterocycles. The lowest BCUT2D eigenvalue weighted by Gasteiger charge is -2.19. The second-order valence-corrected chi connectivity index (χ2v) is 5.76. The van der Waals surface area contributed by atoms with Crippen LogP contribution in [0.4, 0.5) is 5.69 Å². The van der Waals surface area contributed by atoms with Crippen molar-refractivity contribution in [3.8, 4) is 0 Å². The molecule has 0 atom stereocenters. The average Bonchev–Trinajstić information content (AvgIpc) is 2.74. The largest absolute Gasteiger partial charge is 0.384 e. The molecule has 6 heteroatoms. The lowest BCUT2D eigenvalue weighted by molar-refractivity contribution is 0.890. The molecule has 0 saturated carbocycles. The Hall–Kier alpha value is -1.59. The summed E-state index contributed by atoms with van der Waals surface area (Å²) < 4.78 is 0. The van der Waals surface area contributed by atoms with Gasteiger partial charge in [-0.2, -0.15) is 0 Å². The van der Waals surface area contributed by atoms with Crippen LogP contribution in [0.5, 0.6) is 0 Å². The predicted octanol–water partition coefficient (Wildman–Crippen LogP) is 3.03. The van der Waals surface area contributed by atoms with Crippen molar-refractivity contribution in [2.75, 3.05) is 11.9 Å². The SMILES string of the molecule is Cc1nc(CN(C)c2ccc(C(=N)N)c(Cl)c2)cs1. The molecule has 2 rings (SSSR count). The number of amidine groups is 1. The van der Waals surface area contributed by atoms with Crippen LogP contribution >= 0.6 is 22.9 Å². The summed E-state index contributed by atoms with van der Waals surface area (Å²) in [6, 6.07) is 5.49. The zero-order valence-electron chi connectivity index (χ0n) is 10.8. The molecule has 19 heavy (non-hydrogen) atoms. The van der Waals surface area contributed by atoms with Gasteiger partial charge in [0.2, 0.25) is 0 Å². The number of aromatic nitrogens is 1. The Morgan fingerprint density at radius 2 is 2.26 bits per heavy atom. The summed E-state index contributed by atoms with van der Waals surface area (Å²) >= 11 is 7.76. The Morgan fingerprint density at radius 1 is 1.53 bits per heavy atom. The summed E-state index contributed by atoms with van der Waals surface area (Å²) in [7, 11) is 1.98. The zero-order valence-corrected chi connectivity index (χ0v) is 12.3. The van der Waals surface area contributed by atoms with E-state index in [2.05, 4.69) is 15.3 Å². The van der Waals surface area contributed by atoms with Crippen LogP contribution in [0.25, 0.3) is 0 Å². The van der Waals surface area contributed by atoms with Crippen LogP contribution in [0.15, 0.2) is 23.6 Å². The molecule has 0 spiro atoms. The standard InChI is InChI=1S/C13H15ClN4S/c1-8-17-9(7-19-8)6-18(2)10-3-4-11(13(15)16)12(14)5-10/h3-5,7H,6H2,1-2H3,(H3,15,16). The summed E-state index contributed by atoms with van der Waals surface area (Å²) in [5, 5.41) is 11.0. The van der Waals surface area contributed by atoms with Crippen molar-refractivity contribution in [1.82, 2.24) is 4.98 Å². The summed E-state index contributed by atoms with van der Waals surface area (Å²) in [4.78, 5) is 6.49. The number of nitrogen functional groups attached to an aromatic ring is 1. The molecule has 1 heterocycles. The maximum atomic E-state index is 7.41. The molecule has 0 aliphatic rings. The van der Waals surface area contributed by atoms with Crippen molar-refractivity contribution >= 4 is 34.5 Å². The van der Waals surface area contributed by atoms with E-state index in [9.17, 15) is 0 Å². The second-order valence-electron chi connectivity index (χ2n) is 4.29. The Labute approximate surface area is 121 Å². The molecule has 0 amide bonds. The highest BCUT2D eigenvalue weighted by atomic mass is 35.5. The first-order chi connectivity index (χ1) is 8.97. The van der Waals surface area contributed by atoms with Crippen LogP contribution < -0.4 is 10.6 Å². The first kappa shape index (κ1) is 13.8. The Kier molecular flexibility index (Phi) is 4.07. The average molecular weight is 295 g/mol. The highest BCUT2D eigenvalue weighted by Crippen LogP contribution is 2.24. The zero-order chi connectivity index (χ0) is 14.0. The number of benzene rings is 1. The molecule has 2 aromatic rings. The van der Waals surface area contributed by atoms with Gasteiger partial charge in [0.25, 0.3) is 0 Å². The maximum Gasteiger partial charge on any atom is 0.124 e. The Bertz CT molecular complexity index is 608. The van der Waals surface area contributed by atoms with Crippen LogP contribution in [0.2, 0.25) is 5.02 Å². The number of aryl methyl sites for hydroxylation is 1. The highest BCUT2D eigenvalue weighted by Gasteiger charge is 2.09. The number of halogens is 1. The van der Waals surface area contributed by atoms with E-state index in [0.29, 0.717) is 10.6 Å². The molecular formula is C13H15ClN4S. The monoisotopic (exact) mass is 294 g/mol. The molecule has 0 radical (unpaired) electrons. The van der Waals surface area contributed by atoms with Gasteiger partial charge in [-0.3, -0.25) is 5.41 Å². The van der Waals surface area contributed by atoms with Gasteiger partial charge in [0.05, 0.1) is 22.3 Å². The number of hydrogen-bond donors (Lipinski definition) is 2. The van der Waals surface area contributed by atoms with E-state index in [1.165, 1.54) is 0 Å². The van der Waals surface area contributed by atoms with Crippen LogP contribution in [-0.2, 0) is 6.54 Å². The Morgan fingerprint density at radius 3 is 2.79 bits per heavy atom. The van der Waals surface area contributed by atoms with E-state index in [0.717, 1.165) is 22.9 Å². The van der Waals surface area contributed by atoms with Gasteiger partial charge in [-0.05, 0) is 25.1 Å². The summed E-state index contributed by atoms with van der Waals surface area (Å²) in [5.41, 5.74) is 8.01. The summed E-state index contributed by atoms with van der Waals surface area (Å²) in [6.07, 6.45) is 0. The second kappa shape index (κ2) is 5.59. The van der Waals surface area contributed by atoms with E-state index in [1.807, 2.05) is 26.1 Å². The molecule has 0 aliphatic heterocycles. The van der Waals surface area contributed by atoms with Crippen molar-refractivity contribution in [2.45, 2.75) is 13.5 Å². The third-order valence-electron chi connectivity index (χ3n) is 2.75. The fourth-order valence-electron chi connectivity index (χ4n) is 1.78. The predicted molar refractivity (Wildman–Crippen MR) is 81.4 cm³/mol. The molecule has 1 aromatic carbocycles. The van der Waals surface area contributed by atoms with E-state index in [-0.39, 0.29) is 5.84 Å². The van der Waals surface area contributed by atoms with Crippen LogP contribution in [0.3, 0.4) is 0 Å². The molecule has 1 aromatic heterocycles. The van der Waals surface area contributed by atoms with E-state index in [1.54, 1.807) is 17.4 Å². The van der Waals surface area contributed by atoms with Gasteiger partial charge in [0.1, 0.15) is 5.84 Å². The molecular weight excluding hydrogens is 280 g/mol. The fraction of sp³-hybridized carbons (Fsp3) is 0.231. The van der Waals surface area contributed by atoms with Crippen LogP contribution in [0, 0.1) is 12.3 Å². The lowest BCUT2D eigenvalue weighted by atomic mass is 10.2. The maximum absolute atomic E-state index is 7.41. The third kappa shape index (κ3) is 3.24. The molecule has 3 N–H and O–H groups in total. The first-order valence-electron chi connectivity index (χ1n) is 5.73. The van der Waals surface area contributed by atoms with Gasteiger partial charge in [0, 0.05) is 23.7 Å². The molecule has 4 nitrogen and oxygen atoms in total. The first-order valence-corrected chi connectivity index (χ1v) is 6.99. The van der Waals surface area contributed by atoms with Crippen molar-refractivity contribution in [1.29, 1.82) is 5.41 Å². The molecule has 0 fully saturated rings. The topological polar surface area (TPSA) is 66.0 Å². The minimum Gasteiger partial charge on any atom is -0.384 e. The minimum absolute atomic E-state index is 0.0191. The van der Waals surface area contributed by atoms with Gasteiger partial charge in [-0.15, -0.1) is 11.3 Å². The normalized spacial score (nSPS) is 10.5. The molecule has 100 valence electrons. The van der Waals surface area contributed by atoms with Gasteiger partial charge in [-0.1, -0.05) is 11.6 Å². The van der Waals surface area contributed by atoms with Gasteiger partial charge in [0.15, 0.2) is 0 Å². The number of anilines is 1. The number of nitrogens with two attached hydrogens (primary N) is 1. The van der Waals surface area contributed by atoms with E-state index in [4.69, 9.17) is 22.7 Å². The third-order valence-corrected chi connectivity index (χ3v) is 3.88. The summed E-state index contributed by atoms with van der Waals surface area (Å²) in [6.45, 7) is 2.72. The molecule has 0 bridgehead atoms. The van der Waals surface area contributed by atoms with E-state index >= 15 is 0 Å². The summed E-state index contributed by atoms with van der Waals surface area (Å²) in [5.74, 6) is -0.0191. The number of hydrogen-bond acceptors (Lipinski definition) is 4. The smallest absolute Gasteiger partial charge is 0.124 e. The molecule has 0 aliphatic carbocycles. The van der Waals surface area contributed by atoms with E-state index < -0.39 is 0 Å². The van der Waals surface area contributed by atoms with Crippen molar-refractivity contribution in [3.05, 3.63) is 44.9 Å². The Balaban J connectivity index is 2.17. The fourth-order valence-corrected chi connectivity index (χ4v) is 2.66. The number of rotatable bonds is 4. The van der Waals surface area contributed by atoms with Crippen molar-refractivity contribution < 1.29 is 0 Å². The highest BCUT2D eigenvalue weighted by molar-refractivity contribution is 7.09. The quantitative estimate of drug-likeness (QED) is 0.673. The van der Waals surface area contributed by atoms with Gasteiger partial charge >= 0.3 is 0 Å². The minimum atomic E-state index is -0.0191. The van der Waals surface area contributed by atoms with Crippen LogP contribution in [0.1, 0.15) is 16.3 Å².